The van der Waals surface area contributed by atoms with Crippen LogP contribution in [-0.4, -0.2) is 28.3 Å². The highest BCUT2D eigenvalue weighted by Gasteiger charge is 2.26. The maximum absolute atomic E-state index is 4.30. The minimum atomic E-state index is 0.605. The van der Waals surface area contributed by atoms with Gasteiger partial charge in [-0.05, 0) is 39.7 Å². The van der Waals surface area contributed by atoms with Gasteiger partial charge < -0.3 is 10.3 Å². The van der Waals surface area contributed by atoms with E-state index < -0.39 is 0 Å². The van der Waals surface area contributed by atoms with Crippen molar-refractivity contribution in [3.8, 4) is 0 Å². The van der Waals surface area contributed by atoms with Crippen molar-refractivity contribution in [2.24, 2.45) is 0 Å². The lowest BCUT2D eigenvalue weighted by Gasteiger charge is -2.41. The van der Waals surface area contributed by atoms with Crippen LogP contribution in [0.1, 0.15) is 45.7 Å². The van der Waals surface area contributed by atoms with E-state index in [-0.39, 0.29) is 0 Å². The summed E-state index contributed by atoms with van der Waals surface area (Å²) in [5.41, 5.74) is 1.26. The summed E-state index contributed by atoms with van der Waals surface area (Å²) in [6, 6.07) is 1.21. The second-order valence-corrected chi connectivity index (χ2v) is 5.02. The molecule has 1 aliphatic heterocycles. The Morgan fingerprint density at radius 2 is 2.06 bits per heavy atom. The standard InChI is InChI=1S/C13H24N4/c1-4-14-8-13-9-15-10-16(13)17-11(2)6-5-7-12(17)3/h9-12,14H,4-8H2,1-3H3. The molecule has 2 heterocycles. The summed E-state index contributed by atoms with van der Waals surface area (Å²) in [6.45, 7) is 8.65. The number of nitrogens with zero attached hydrogens (tertiary/aromatic N) is 3. The van der Waals surface area contributed by atoms with Gasteiger partial charge in [-0.3, -0.25) is 0 Å². The topological polar surface area (TPSA) is 33.1 Å². The van der Waals surface area contributed by atoms with E-state index in [9.17, 15) is 0 Å². The Morgan fingerprint density at radius 3 is 2.71 bits per heavy atom. The summed E-state index contributed by atoms with van der Waals surface area (Å²) in [5, 5.41) is 5.85. The van der Waals surface area contributed by atoms with Gasteiger partial charge in [0.2, 0.25) is 0 Å². The van der Waals surface area contributed by atoms with E-state index >= 15 is 0 Å². The molecule has 1 N–H and O–H groups in total. The molecule has 1 aromatic rings. The predicted molar refractivity (Wildman–Crippen MR) is 70.6 cm³/mol. The van der Waals surface area contributed by atoms with Crippen LogP contribution in [-0.2, 0) is 6.54 Å². The van der Waals surface area contributed by atoms with E-state index in [4.69, 9.17) is 0 Å². The van der Waals surface area contributed by atoms with Crippen LogP contribution < -0.4 is 10.3 Å². The van der Waals surface area contributed by atoms with Gasteiger partial charge in [0.05, 0.1) is 11.9 Å². The Labute approximate surface area is 104 Å². The van der Waals surface area contributed by atoms with Crippen molar-refractivity contribution >= 4 is 0 Å². The molecule has 0 spiro atoms. The number of imidazole rings is 1. The van der Waals surface area contributed by atoms with E-state index in [0.29, 0.717) is 12.1 Å². The predicted octanol–water partition coefficient (Wildman–Crippen LogP) is 1.89. The van der Waals surface area contributed by atoms with Gasteiger partial charge in [-0.1, -0.05) is 6.92 Å². The van der Waals surface area contributed by atoms with Crippen molar-refractivity contribution in [2.45, 2.75) is 58.7 Å². The first-order chi connectivity index (χ1) is 8.24. The molecule has 0 aromatic carbocycles. The molecule has 0 bridgehead atoms. The first kappa shape index (κ1) is 12.4. The van der Waals surface area contributed by atoms with E-state index in [2.05, 4.69) is 40.8 Å². The Bertz CT molecular complexity index is 337. The lowest BCUT2D eigenvalue weighted by molar-refractivity contribution is 0.330. The van der Waals surface area contributed by atoms with Gasteiger partial charge in [0, 0.05) is 18.6 Å². The van der Waals surface area contributed by atoms with Crippen LogP contribution >= 0.6 is 0 Å². The number of rotatable bonds is 4. The van der Waals surface area contributed by atoms with Crippen molar-refractivity contribution in [1.82, 2.24) is 15.0 Å². The highest BCUT2D eigenvalue weighted by atomic mass is 15.6. The number of hydrogen-bond acceptors (Lipinski definition) is 3. The van der Waals surface area contributed by atoms with Crippen LogP contribution in [0.4, 0.5) is 0 Å². The molecule has 0 radical (unpaired) electrons. The first-order valence-electron chi connectivity index (χ1n) is 6.74. The first-order valence-corrected chi connectivity index (χ1v) is 6.74. The second-order valence-electron chi connectivity index (χ2n) is 5.02. The van der Waals surface area contributed by atoms with Crippen LogP contribution in [0.3, 0.4) is 0 Å². The van der Waals surface area contributed by atoms with Gasteiger partial charge in [0.25, 0.3) is 0 Å². The molecule has 0 aliphatic carbocycles. The van der Waals surface area contributed by atoms with Crippen LogP contribution in [0.25, 0.3) is 0 Å². The lowest BCUT2D eigenvalue weighted by atomic mass is 10.00. The molecular formula is C13H24N4. The molecule has 1 aliphatic rings. The number of nitrogens with one attached hydrogen (secondary N) is 1. The number of aromatic nitrogens is 2. The molecule has 0 amide bonds. The zero-order valence-corrected chi connectivity index (χ0v) is 11.2. The molecule has 2 rings (SSSR count). The summed E-state index contributed by atoms with van der Waals surface area (Å²) in [5.74, 6) is 0. The summed E-state index contributed by atoms with van der Waals surface area (Å²) in [6.07, 6.45) is 7.82. The largest absolute Gasteiger partial charge is 0.311 e. The maximum Gasteiger partial charge on any atom is 0.114 e. The fourth-order valence-corrected chi connectivity index (χ4v) is 2.74. The zero-order chi connectivity index (χ0) is 12.3. The third-order valence-electron chi connectivity index (χ3n) is 3.65. The zero-order valence-electron chi connectivity index (χ0n) is 11.2. The van der Waals surface area contributed by atoms with Gasteiger partial charge in [-0.2, -0.15) is 0 Å². The minimum absolute atomic E-state index is 0.605. The average Bonchev–Trinajstić information content (AvgIpc) is 2.74. The summed E-state index contributed by atoms with van der Waals surface area (Å²) < 4.78 is 2.25. The van der Waals surface area contributed by atoms with Crippen LogP contribution in [0.5, 0.6) is 0 Å². The van der Waals surface area contributed by atoms with Crippen LogP contribution in [0, 0.1) is 0 Å². The Balaban J connectivity index is 2.16. The Morgan fingerprint density at radius 1 is 1.35 bits per heavy atom. The number of piperidine rings is 1. The normalized spacial score (nSPS) is 25.2. The summed E-state index contributed by atoms with van der Waals surface area (Å²) >= 11 is 0. The van der Waals surface area contributed by atoms with Crippen LogP contribution in [0.15, 0.2) is 12.5 Å². The SMILES string of the molecule is CCNCc1cncn1N1C(C)CCCC1C. The van der Waals surface area contributed by atoms with Crippen molar-refractivity contribution in [3.05, 3.63) is 18.2 Å². The fourth-order valence-electron chi connectivity index (χ4n) is 2.74. The molecule has 96 valence electrons. The second kappa shape index (κ2) is 5.54. The molecule has 4 nitrogen and oxygen atoms in total. The Hall–Kier alpha value is -1.03. The molecule has 2 unspecified atom stereocenters. The third kappa shape index (κ3) is 2.63. The minimum Gasteiger partial charge on any atom is -0.311 e. The fraction of sp³-hybridized carbons (Fsp3) is 0.769. The quantitative estimate of drug-likeness (QED) is 0.866. The molecule has 17 heavy (non-hydrogen) atoms. The van der Waals surface area contributed by atoms with Gasteiger partial charge in [-0.15, -0.1) is 0 Å². The highest BCUT2D eigenvalue weighted by molar-refractivity contribution is 5.09. The smallest absolute Gasteiger partial charge is 0.114 e. The molecule has 1 aromatic heterocycles. The molecule has 1 fully saturated rings. The van der Waals surface area contributed by atoms with Gasteiger partial charge >= 0.3 is 0 Å². The van der Waals surface area contributed by atoms with Crippen LogP contribution in [0.2, 0.25) is 0 Å². The van der Waals surface area contributed by atoms with Crippen molar-refractivity contribution in [2.75, 3.05) is 11.6 Å². The molecule has 0 saturated carbocycles. The number of hydrogen-bond donors (Lipinski definition) is 1. The van der Waals surface area contributed by atoms with E-state index in [1.165, 1.54) is 25.0 Å². The van der Waals surface area contributed by atoms with Gasteiger partial charge in [0.1, 0.15) is 6.33 Å². The summed E-state index contributed by atoms with van der Waals surface area (Å²) in [7, 11) is 0. The molecule has 2 atom stereocenters. The van der Waals surface area contributed by atoms with Crippen molar-refractivity contribution < 1.29 is 0 Å². The van der Waals surface area contributed by atoms with Gasteiger partial charge in [0.15, 0.2) is 0 Å². The highest BCUT2D eigenvalue weighted by Crippen LogP contribution is 2.22. The monoisotopic (exact) mass is 236 g/mol. The molecule has 1 saturated heterocycles. The van der Waals surface area contributed by atoms with E-state index in [1.807, 2.05) is 12.5 Å². The van der Waals surface area contributed by atoms with E-state index in [0.717, 1.165) is 13.1 Å². The maximum atomic E-state index is 4.30. The lowest BCUT2D eigenvalue weighted by Crippen LogP contribution is -2.51. The van der Waals surface area contributed by atoms with E-state index in [1.54, 1.807) is 0 Å². The third-order valence-corrected chi connectivity index (χ3v) is 3.65. The van der Waals surface area contributed by atoms with Crippen molar-refractivity contribution in [1.29, 1.82) is 0 Å². The molecule has 4 heteroatoms. The summed E-state index contributed by atoms with van der Waals surface area (Å²) in [4.78, 5) is 4.30. The average molecular weight is 236 g/mol. The van der Waals surface area contributed by atoms with Gasteiger partial charge in [-0.25, -0.2) is 9.66 Å². The Kier molecular flexibility index (Phi) is 4.05. The molecular weight excluding hydrogens is 212 g/mol. The van der Waals surface area contributed by atoms with Crippen molar-refractivity contribution in [3.63, 3.8) is 0 Å².